The molecule has 1 N–H and O–H groups in total. The van der Waals surface area contributed by atoms with Crippen molar-refractivity contribution in [3.05, 3.63) is 0 Å². The number of hydrogen-bond acceptors (Lipinski definition) is 2. The van der Waals surface area contributed by atoms with Gasteiger partial charge in [-0.05, 0) is 49.5 Å². The molecule has 1 rings (SSSR count). The topological polar surface area (TPSA) is 21.3 Å². The van der Waals surface area contributed by atoms with Gasteiger partial charge in [-0.2, -0.15) is 0 Å². The van der Waals surface area contributed by atoms with Crippen LogP contribution in [0.5, 0.6) is 0 Å². The fraction of sp³-hybridized carbons (Fsp3) is 1.00. The van der Waals surface area contributed by atoms with E-state index in [9.17, 15) is 0 Å². The van der Waals surface area contributed by atoms with Gasteiger partial charge >= 0.3 is 0 Å². The highest BCUT2D eigenvalue weighted by Crippen LogP contribution is 2.32. The minimum atomic E-state index is 0.414. The maximum absolute atomic E-state index is 5.50. The molecule has 0 aromatic heterocycles. The van der Waals surface area contributed by atoms with Crippen LogP contribution in [0.1, 0.15) is 60.3 Å². The smallest absolute Gasteiger partial charge is 0.0469 e. The molecule has 2 atom stereocenters. The zero-order chi connectivity index (χ0) is 13.6. The molecule has 0 aromatic rings. The summed E-state index contributed by atoms with van der Waals surface area (Å²) in [5.41, 5.74) is 0.414. The summed E-state index contributed by atoms with van der Waals surface area (Å²) in [6, 6.07) is 0.683. The van der Waals surface area contributed by atoms with Crippen LogP contribution in [0.3, 0.4) is 0 Å². The van der Waals surface area contributed by atoms with Gasteiger partial charge in [0.05, 0.1) is 0 Å². The highest BCUT2D eigenvalue weighted by molar-refractivity contribution is 4.83. The van der Waals surface area contributed by atoms with Crippen LogP contribution < -0.4 is 5.32 Å². The van der Waals surface area contributed by atoms with Gasteiger partial charge in [0.25, 0.3) is 0 Å². The van der Waals surface area contributed by atoms with E-state index in [-0.39, 0.29) is 0 Å². The molecule has 1 aliphatic rings. The zero-order valence-corrected chi connectivity index (χ0v) is 13.1. The van der Waals surface area contributed by atoms with Crippen molar-refractivity contribution < 1.29 is 4.74 Å². The Morgan fingerprint density at radius 1 is 1.22 bits per heavy atom. The normalized spacial score (nSPS) is 21.8. The lowest BCUT2D eigenvalue weighted by Gasteiger charge is -2.36. The second-order valence-corrected chi connectivity index (χ2v) is 7.01. The SMILES string of the molecule is CCCNC(CC(C)C(C)(C)C)C1CCOCC1. The average molecular weight is 255 g/mol. The molecule has 0 spiro atoms. The van der Waals surface area contributed by atoms with Crippen molar-refractivity contribution in [2.75, 3.05) is 19.8 Å². The standard InChI is InChI=1S/C16H33NO/c1-6-9-17-15(12-13(2)16(3,4)5)14-7-10-18-11-8-14/h13-15,17H,6-12H2,1-5H3. The van der Waals surface area contributed by atoms with Crippen molar-refractivity contribution in [1.29, 1.82) is 0 Å². The van der Waals surface area contributed by atoms with Gasteiger partial charge in [-0.15, -0.1) is 0 Å². The fourth-order valence-electron chi connectivity index (χ4n) is 2.62. The van der Waals surface area contributed by atoms with E-state index in [2.05, 4.69) is 39.9 Å². The molecule has 1 fully saturated rings. The Bertz CT molecular complexity index is 216. The molecule has 2 nitrogen and oxygen atoms in total. The summed E-state index contributed by atoms with van der Waals surface area (Å²) in [5.74, 6) is 1.57. The summed E-state index contributed by atoms with van der Waals surface area (Å²) in [5, 5.41) is 3.79. The minimum absolute atomic E-state index is 0.414. The summed E-state index contributed by atoms with van der Waals surface area (Å²) in [6.45, 7) is 14.8. The van der Waals surface area contributed by atoms with Gasteiger partial charge in [-0.3, -0.25) is 0 Å². The zero-order valence-electron chi connectivity index (χ0n) is 13.1. The molecule has 0 aromatic carbocycles. The van der Waals surface area contributed by atoms with Gasteiger partial charge < -0.3 is 10.1 Å². The Morgan fingerprint density at radius 2 is 1.83 bits per heavy atom. The van der Waals surface area contributed by atoms with Crippen molar-refractivity contribution in [2.24, 2.45) is 17.3 Å². The van der Waals surface area contributed by atoms with E-state index in [0.717, 1.165) is 31.6 Å². The molecule has 1 saturated heterocycles. The Labute approximate surface area is 114 Å². The summed E-state index contributed by atoms with van der Waals surface area (Å²) < 4.78 is 5.50. The van der Waals surface area contributed by atoms with Gasteiger partial charge in [-0.1, -0.05) is 34.6 Å². The average Bonchev–Trinajstić information content (AvgIpc) is 2.34. The molecule has 1 heterocycles. The molecule has 2 unspecified atom stereocenters. The van der Waals surface area contributed by atoms with Crippen LogP contribution in [0.15, 0.2) is 0 Å². The quantitative estimate of drug-likeness (QED) is 0.778. The lowest BCUT2D eigenvalue weighted by molar-refractivity contribution is 0.0470. The minimum Gasteiger partial charge on any atom is -0.381 e. The third-order valence-electron chi connectivity index (χ3n) is 4.58. The first-order valence-corrected chi connectivity index (χ1v) is 7.76. The lowest BCUT2D eigenvalue weighted by atomic mass is 9.75. The molecule has 0 radical (unpaired) electrons. The van der Waals surface area contributed by atoms with E-state index < -0.39 is 0 Å². The summed E-state index contributed by atoms with van der Waals surface area (Å²) in [4.78, 5) is 0. The van der Waals surface area contributed by atoms with Gasteiger partial charge in [0, 0.05) is 19.3 Å². The maximum Gasteiger partial charge on any atom is 0.0469 e. The number of ether oxygens (including phenoxy) is 1. The van der Waals surface area contributed by atoms with Crippen LogP contribution >= 0.6 is 0 Å². The largest absolute Gasteiger partial charge is 0.381 e. The van der Waals surface area contributed by atoms with E-state index in [0.29, 0.717) is 11.5 Å². The molecule has 1 aliphatic heterocycles. The van der Waals surface area contributed by atoms with Crippen LogP contribution in [-0.4, -0.2) is 25.8 Å². The van der Waals surface area contributed by atoms with Gasteiger partial charge in [0.1, 0.15) is 0 Å². The molecule has 108 valence electrons. The van der Waals surface area contributed by atoms with Gasteiger partial charge in [0.2, 0.25) is 0 Å². The van der Waals surface area contributed by atoms with E-state index in [1.165, 1.54) is 25.7 Å². The molecular weight excluding hydrogens is 222 g/mol. The molecule has 0 bridgehead atoms. The molecule has 18 heavy (non-hydrogen) atoms. The number of nitrogens with one attached hydrogen (secondary N) is 1. The van der Waals surface area contributed by atoms with Crippen molar-refractivity contribution in [2.45, 2.75) is 66.3 Å². The van der Waals surface area contributed by atoms with Crippen LogP contribution in [-0.2, 0) is 4.74 Å². The predicted molar refractivity (Wildman–Crippen MR) is 78.9 cm³/mol. The van der Waals surface area contributed by atoms with Crippen LogP contribution in [0, 0.1) is 17.3 Å². The third kappa shape index (κ3) is 5.27. The highest BCUT2D eigenvalue weighted by atomic mass is 16.5. The Kier molecular flexibility index (Phi) is 6.65. The van der Waals surface area contributed by atoms with Crippen molar-refractivity contribution in [1.82, 2.24) is 5.32 Å². The second kappa shape index (κ2) is 7.49. The highest BCUT2D eigenvalue weighted by Gasteiger charge is 2.29. The first-order chi connectivity index (χ1) is 8.45. The third-order valence-corrected chi connectivity index (χ3v) is 4.58. The van der Waals surface area contributed by atoms with E-state index in [1.54, 1.807) is 0 Å². The first kappa shape index (κ1) is 16.0. The first-order valence-electron chi connectivity index (χ1n) is 7.76. The molecular formula is C16H33NO. The Balaban J connectivity index is 2.53. The second-order valence-electron chi connectivity index (χ2n) is 7.01. The van der Waals surface area contributed by atoms with E-state index in [4.69, 9.17) is 4.74 Å². The van der Waals surface area contributed by atoms with Crippen molar-refractivity contribution >= 4 is 0 Å². The van der Waals surface area contributed by atoms with Crippen LogP contribution in [0.4, 0.5) is 0 Å². The predicted octanol–water partition coefficient (Wildman–Crippen LogP) is 3.85. The monoisotopic (exact) mass is 255 g/mol. The fourth-order valence-corrected chi connectivity index (χ4v) is 2.62. The molecule has 0 amide bonds. The van der Waals surface area contributed by atoms with Gasteiger partial charge in [0.15, 0.2) is 0 Å². The Morgan fingerprint density at radius 3 is 2.33 bits per heavy atom. The van der Waals surface area contributed by atoms with Crippen molar-refractivity contribution in [3.8, 4) is 0 Å². The van der Waals surface area contributed by atoms with Crippen LogP contribution in [0.2, 0.25) is 0 Å². The maximum atomic E-state index is 5.50. The summed E-state index contributed by atoms with van der Waals surface area (Å²) in [6.07, 6.45) is 4.99. The summed E-state index contributed by atoms with van der Waals surface area (Å²) >= 11 is 0. The molecule has 2 heteroatoms. The summed E-state index contributed by atoms with van der Waals surface area (Å²) in [7, 11) is 0. The van der Waals surface area contributed by atoms with E-state index >= 15 is 0 Å². The van der Waals surface area contributed by atoms with Crippen LogP contribution in [0.25, 0.3) is 0 Å². The van der Waals surface area contributed by atoms with Gasteiger partial charge in [-0.25, -0.2) is 0 Å². The Hall–Kier alpha value is -0.0800. The number of hydrogen-bond donors (Lipinski definition) is 1. The van der Waals surface area contributed by atoms with E-state index in [1.807, 2.05) is 0 Å². The molecule has 0 saturated carbocycles. The number of rotatable bonds is 6. The molecule has 0 aliphatic carbocycles. The lowest BCUT2D eigenvalue weighted by Crippen LogP contribution is -2.42. The van der Waals surface area contributed by atoms with Crippen molar-refractivity contribution in [3.63, 3.8) is 0 Å².